The highest BCUT2D eigenvalue weighted by atomic mass is 35.5. The molecule has 0 aliphatic heterocycles. The van der Waals surface area contributed by atoms with Crippen LogP contribution in [0.5, 0.6) is 0 Å². The molecule has 1 amide bonds. The third-order valence-corrected chi connectivity index (χ3v) is 4.37. The predicted octanol–water partition coefficient (Wildman–Crippen LogP) is 5.89. The first kappa shape index (κ1) is 22.2. The molecule has 9 heteroatoms. The van der Waals surface area contributed by atoms with Crippen LogP contribution in [0.2, 0.25) is 5.02 Å². The molecule has 0 saturated heterocycles. The van der Waals surface area contributed by atoms with Crippen molar-refractivity contribution in [3.05, 3.63) is 94.9 Å². The number of ether oxygens (including phenoxy) is 1. The molecule has 3 aromatic rings. The van der Waals surface area contributed by atoms with Gasteiger partial charge in [0, 0.05) is 17.3 Å². The van der Waals surface area contributed by atoms with Gasteiger partial charge in [0.25, 0.3) is 5.91 Å². The number of halogens is 4. The van der Waals surface area contributed by atoms with Gasteiger partial charge in [-0.1, -0.05) is 41.9 Å². The molecule has 0 radical (unpaired) electrons. The number of hydrogen-bond donors (Lipinski definition) is 1. The smallest absolute Gasteiger partial charge is 0.417 e. The van der Waals surface area contributed by atoms with Crippen molar-refractivity contribution >= 4 is 35.2 Å². The van der Waals surface area contributed by atoms with Crippen molar-refractivity contribution < 1.29 is 31.9 Å². The molecule has 0 fully saturated rings. The summed E-state index contributed by atoms with van der Waals surface area (Å²) in [5, 5.41) is 1.84. The van der Waals surface area contributed by atoms with Gasteiger partial charge in [-0.05, 0) is 36.4 Å². The van der Waals surface area contributed by atoms with Crippen molar-refractivity contribution in [1.29, 1.82) is 0 Å². The largest absolute Gasteiger partial charge is 0.465 e. The molecule has 160 valence electrons. The highest BCUT2D eigenvalue weighted by Gasteiger charge is 2.34. The van der Waals surface area contributed by atoms with Gasteiger partial charge in [0.05, 0.1) is 16.8 Å². The molecule has 31 heavy (non-hydrogen) atoms. The van der Waals surface area contributed by atoms with Crippen molar-refractivity contribution in [3.8, 4) is 0 Å². The second-order valence-electron chi connectivity index (χ2n) is 6.26. The number of carbonyl (C=O) groups is 2. The predicted molar refractivity (Wildman–Crippen MR) is 108 cm³/mol. The van der Waals surface area contributed by atoms with Gasteiger partial charge >= 0.3 is 12.1 Å². The molecule has 0 spiro atoms. The number of benzene rings is 2. The monoisotopic (exact) mass is 449 g/mol. The lowest BCUT2D eigenvalue weighted by molar-refractivity contribution is -0.149. The molecule has 5 nitrogen and oxygen atoms in total. The van der Waals surface area contributed by atoms with E-state index in [0.29, 0.717) is 17.4 Å². The SMILES string of the molecule is O=C(C=Cc1ccco1)OC(C(=O)Nc1ccc(Cl)c(C(F)(F)F)c1)c1ccccc1. The fraction of sp³-hybridized carbons (Fsp3) is 0.0909. The summed E-state index contributed by atoms with van der Waals surface area (Å²) in [7, 11) is 0. The molecule has 1 unspecified atom stereocenters. The molecule has 0 aliphatic rings. The zero-order valence-corrected chi connectivity index (χ0v) is 16.5. The maximum atomic E-state index is 13.1. The first-order valence-electron chi connectivity index (χ1n) is 8.89. The van der Waals surface area contributed by atoms with Crippen LogP contribution in [0.1, 0.15) is 23.0 Å². The summed E-state index contributed by atoms with van der Waals surface area (Å²) in [5.41, 5.74) is -0.906. The summed E-state index contributed by atoms with van der Waals surface area (Å²) >= 11 is 5.60. The van der Waals surface area contributed by atoms with Crippen LogP contribution in [0.15, 0.2) is 77.4 Å². The Hall–Kier alpha value is -3.52. The van der Waals surface area contributed by atoms with Gasteiger partial charge in [0.1, 0.15) is 5.76 Å². The fourth-order valence-corrected chi connectivity index (χ4v) is 2.85. The molecule has 0 aliphatic carbocycles. The highest BCUT2D eigenvalue weighted by molar-refractivity contribution is 6.31. The normalized spacial score (nSPS) is 12.5. The number of anilines is 1. The van der Waals surface area contributed by atoms with E-state index in [-0.39, 0.29) is 5.69 Å². The lowest BCUT2D eigenvalue weighted by Gasteiger charge is -2.18. The zero-order valence-electron chi connectivity index (χ0n) is 15.7. The first-order chi connectivity index (χ1) is 14.7. The third-order valence-electron chi connectivity index (χ3n) is 4.04. The van der Waals surface area contributed by atoms with E-state index >= 15 is 0 Å². The lowest BCUT2D eigenvalue weighted by Crippen LogP contribution is -2.25. The maximum Gasteiger partial charge on any atom is 0.417 e. The van der Waals surface area contributed by atoms with Crippen LogP contribution in [-0.4, -0.2) is 11.9 Å². The van der Waals surface area contributed by atoms with Crippen molar-refractivity contribution in [3.63, 3.8) is 0 Å². The molecule has 1 atom stereocenters. The molecular weight excluding hydrogens is 435 g/mol. The number of nitrogens with one attached hydrogen (secondary N) is 1. The van der Waals surface area contributed by atoms with Gasteiger partial charge in [0.2, 0.25) is 6.10 Å². The molecule has 2 aromatic carbocycles. The molecule has 3 rings (SSSR count). The Bertz CT molecular complexity index is 1080. The second-order valence-corrected chi connectivity index (χ2v) is 6.67. The quantitative estimate of drug-likeness (QED) is 0.376. The molecule has 1 N–H and O–H groups in total. The Morgan fingerprint density at radius 1 is 1.06 bits per heavy atom. The van der Waals surface area contributed by atoms with E-state index in [1.54, 1.807) is 42.5 Å². The Balaban J connectivity index is 1.81. The van der Waals surface area contributed by atoms with Gasteiger partial charge in [-0.3, -0.25) is 4.79 Å². The molecule has 1 aromatic heterocycles. The van der Waals surface area contributed by atoms with Gasteiger partial charge in [-0.25, -0.2) is 4.79 Å². The van der Waals surface area contributed by atoms with Crippen LogP contribution in [0.4, 0.5) is 18.9 Å². The highest BCUT2D eigenvalue weighted by Crippen LogP contribution is 2.36. The van der Waals surface area contributed by atoms with E-state index in [0.717, 1.165) is 12.1 Å². The van der Waals surface area contributed by atoms with Gasteiger partial charge in [-0.2, -0.15) is 13.2 Å². The van der Waals surface area contributed by atoms with Crippen molar-refractivity contribution in [2.45, 2.75) is 12.3 Å². The minimum atomic E-state index is -4.69. The van der Waals surface area contributed by atoms with Gasteiger partial charge < -0.3 is 14.5 Å². The topological polar surface area (TPSA) is 68.5 Å². The average molecular weight is 450 g/mol. The summed E-state index contributed by atoms with van der Waals surface area (Å²) in [6, 6.07) is 14.3. The van der Waals surface area contributed by atoms with Crippen LogP contribution < -0.4 is 5.32 Å². The van der Waals surface area contributed by atoms with Crippen LogP contribution in [0, 0.1) is 0 Å². The van der Waals surface area contributed by atoms with E-state index in [4.69, 9.17) is 20.8 Å². The molecule has 1 heterocycles. The van der Waals surface area contributed by atoms with E-state index < -0.39 is 34.7 Å². The summed E-state index contributed by atoms with van der Waals surface area (Å²) in [4.78, 5) is 25.0. The lowest BCUT2D eigenvalue weighted by atomic mass is 10.1. The summed E-state index contributed by atoms with van der Waals surface area (Å²) in [5.74, 6) is -1.27. The van der Waals surface area contributed by atoms with E-state index in [1.165, 1.54) is 18.4 Å². The fourth-order valence-electron chi connectivity index (χ4n) is 2.62. The number of rotatable bonds is 6. The van der Waals surface area contributed by atoms with Crippen LogP contribution in [0.25, 0.3) is 6.08 Å². The zero-order chi connectivity index (χ0) is 22.4. The number of hydrogen-bond acceptors (Lipinski definition) is 4. The van der Waals surface area contributed by atoms with Crippen LogP contribution in [-0.2, 0) is 20.5 Å². The minimum absolute atomic E-state index is 0.148. The molecule has 0 bridgehead atoms. The Morgan fingerprint density at radius 2 is 1.81 bits per heavy atom. The number of esters is 1. The Morgan fingerprint density at radius 3 is 2.45 bits per heavy atom. The Kier molecular flexibility index (Phi) is 6.81. The van der Waals surface area contributed by atoms with Gasteiger partial charge in [-0.15, -0.1) is 0 Å². The first-order valence-corrected chi connectivity index (χ1v) is 9.26. The number of carbonyl (C=O) groups excluding carboxylic acids is 2. The van der Waals surface area contributed by atoms with E-state index in [2.05, 4.69) is 5.32 Å². The Labute approximate surface area is 180 Å². The summed E-state index contributed by atoms with van der Waals surface area (Å²) in [6.07, 6.45) is -2.24. The number of amides is 1. The van der Waals surface area contributed by atoms with Crippen molar-refractivity contribution in [2.24, 2.45) is 0 Å². The average Bonchev–Trinajstić information content (AvgIpc) is 3.25. The van der Waals surface area contributed by atoms with Gasteiger partial charge in [0.15, 0.2) is 0 Å². The number of furan rings is 1. The minimum Gasteiger partial charge on any atom is -0.465 e. The van der Waals surface area contributed by atoms with Crippen LogP contribution in [0.3, 0.4) is 0 Å². The van der Waals surface area contributed by atoms with E-state index in [1.807, 2.05) is 0 Å². The van der Waals surface area contributed by atoms with Crippen molar-refractivity contribution in [2.75, 3.05) is 5.32 Å². The van der Waals surface area contributed by atoms with E-state index in [9.17, 15) is 22.8 Å². The molecular formula is C22H15ClF3NO4. The number of alkyl halides is 3. The third kappa shape index (κ3) is 5.99. The maximum absolute atomic E-state index is 13.1. The standard InChI is InChI=1S/C22H15ClF3NO4/c23-18-10-8-15(13-17(18)22(24,25)26)27-21(29)20(14-5-2-1-3-6-14)31-19(28)11-9-16-7-4-12-30-16/h1-13,20H,(H,27,29). The summed E-state index contributed by atoms with van der Waals surface area (Å²) < 4.78 is 49.6. The second kappa shape index (κ2) is 9.53. The molecule has 0 saturated carbocycles. The van der Waals surface area contributed by atoms with Crippen LogP contribution >= 0.6 is 11.6 Å². The summed E-state index contributed by atoms with van der Waals surface area (Å²) in [6.45, 7) is 0. The van der Waals surface area contributed by atoms with Crippen molar-refractivity contribution in [1.82, 2.24) is 0 Å².